The highest BCUT2D eigenvalue weighted by Gasteiger charge is 2.31. The van der Waals surface area contributed by atoms with Crippen molar-refractivity contribution in [3.05, 3.63) is 0 Å². The second kappa shape index (κ2) is 7.58. The summed E-state index contributed by atoms with van der Waals surface area (Å²) < 4.78 is 36.5. The fourth-order valence-corrected chi connectivity index (χ4v) is 1.28. The van der Waals surface area contributed by atoms with Crippen LogP contribution in [0.1, 0.15) is 39.5 Å². The predicted molar refractivity (Wildman–Crippen MR) is 55.4 cm³/mol. The molecule has 15 heavy (non-hydrogen) atoms. The molecule has 4 heteroatoms. The average molecular weight is 221 g/mol. The molecular weight excluding hydrogens is 203 g/mol. The van der Waals surface area contributed by atoms with Gasteiger partial charge in [0.2, 0.25) is 0 Å². The quantitative estimate of drug-likeness (QED) is 0.679. The summed E-state index contributed by atoms with van der Waals surface area (Å²) in [6, 6.07) is -0.495. The third-order valence-corrected chi connectivity index (χ3v) is 1.96. The van der Waals surface area contributed by atoms with Crippen molar-refractivity contribution in [3.63, 3.8) is 0 Å². The van der Waals surface area contributed by atoms with Crippen molar-refractivity contribution in [1.29, 1.82) is 0 Å². The Balaban J connectivity index is 3.98. The lowest BCUT2D eigenvalue weighted by Crippen LogP contribution is -2.34. The molecule has 0 saturated carbocycles. The van der Waals surface area contributed by atoms with Gasteiger partial charge in [0.25, 0.3) is 0 Å². The molecule has 0 aliphatic heterocycles. The number of alkyl halides is 3. The molecule has 0 aromatic rings. The van der Waals surface area contributed by atoms with Gasteiger partial charge in [-0.05, 0) is 26.3 Å². The number of hydrogen-bond donors (Lipinski definition) is 1. The fourth-order valence-electron chi connectivity index (χ4n) is 1.28. The highest BCUT2D eigenvalue weighted by molar-refractivity contribution is 4.95. The SMILES string of the molecule is CC#CCCC(CC(F)(F)F)NCCC. The van der Waals surface area contributed by atoms with Crippen molar-refractivity contribution in [3.8, 4) is 11.8 Å². The molecule has 88 valence electrons. The molecule has 0 radical (unpaired) electrons. The van der Waals surface area contributed by atoms with E-state index >= 15 is 0 Å². The highest BCUT2D eigenvalue weighted by atomic mass is 19.4. The van der Waals surface area contributed by atoms with E-state index in [9.17, 15) is 13.2 Å². The summed E-state index contributed by atoms with van der Waals surface area (Å²) in [5.41, 5.74) is 0. The smallest absolute Gasteiger partial charge is 0.314 e. The van der Waals surface area contributed by atoms with Crippen molar-refractivity contribution in [2.45, 2.75) is 51.7 Å². The summed E-state index contributed by atoms with van der Waals surface area (Å²) in [6.07, 6.45) is -3.04. The summed E-state index contributed by atoms with van der Waals surface area (Å²) in [5, 5.41) is 2.90. The molecule has 0 aliphatic carbocycles. The van der Waals surface area contributed by atoms with E-state index in [1.165, 1.54) is 0 Å². The maximum absolute atomic E-state index is 12.2. The van der Waals surface area contributed by atoms with E-state index in [1.54, 1.807) is 6.92 Å². The summed E-state index contributed by atoms with van der Waals surface area (Å²) in [5.74, 6) is 5.47. The molecule has 0 amide bonds. The number of hydrogen-bond acceptors (Lipinski definition) is 1. The number of nitrogens with one attached hydrogen (secondary N) is 1. The molecule has 0 aliphatic rings. The first-order valence-electron chi connectivity index (χ1n) is 5.19. The van der Waals surface area contributed by atoms with Gasteiger partial charge in [0.1, 0.15) is 0 Å². The molecule has 0 rings (SSSR count). The standard InChI is InChI=1S/C11H18F3N/c1-3-5-6-7-10(15-8-4-2)9-11(12,13)14/h10,15H,4,6-9H2,1-2H3. The minimum Gasteiger partial charge on any atom is -0.314 e. The van der Waals surface area contributed by atoms with Crippen LogP contribution in [-0.4, -0.2) is 18.8 Å². The Morgan fingerprint density at radius 2 is 2.00 bits per heavy atom. The first-order chi connectivity index (χ1) is 6.99. The molecule has 0 aromatic heterocycles. The Hall–Kier alpha value is -0.690. The Kier molecular flexibility index (Phi) is 7.23. The Morgan fingerprint density at radius 1 is 1.33 bits per heavy atom. The zero-order valence-electron chi connectivity index (χ0n) is 9.25. The molecule has 0 spiro atoms. The van der Waals surface area contributed by atoms with E-state index in [-0.39, 0.29) is 0 Å². The third kappa shape index (κ3) is 9.61. The van der Waals surface area contributed by atoms with E-state index in [2.05, 4.69) is 17.2 Å². The fraction of sp³-hybridized carbons (Fsp3) is 0.818. The summed E-state index contributed by atoms with van der Waals surface area (Å²) in [4.78, 5) is 0. The average Bonchev–Trinajstić information content (AvgIpc) is 2.12. The summed E-state index contributed by atoms with van der Waals surface area (Å²) >= 11 is 0. The van der Waals surface area contributed by atoms with E-state index in [0.717, 1.165) is 6.42 Å². The molecule has 0 fully saturated rings. The van der Waals surface area contributed by atoms with Gasteiger partial charge in [-0.2, -0.15) is 13.2 Å². The maximum atomic E-state index is 12.2. The Morgan fingerprint density at radius 3 is 2.47 bits per heavy atom. The van der Waals surface area contributed by atoms with Crippen LogP contribution in [0.2, 0.25) is 0 Å². The van der Waals surface area contributed by atoms with E-state index < -0.39 is 18.6 Å². The van der Waals surface area contributed by atoms with Crippen LogP contribution in [0.5, 0.6) is 0 Å². The van der Waals surface area contributed by atoms with Crippen LogP contribution >= 0.6 is 0 Å². The largest absolute Gasteiger partial charge is 0.390 e. The predicted octanol–water partition coefficient (Wildman–Crippen LogP) is 3.11. The molecule has 1 nitrogen and oxygen atoms in total. The molecule has 0 bridgehead atoms. The molecule has 1 unspecified atom stereocenters. The lowest BCUT2D eigenvalue weighted by molar-refractivity contribution is -0.140. The minimum atomic E-state index is -4.09. The zero-order chi connectivity index (χ0) is 11.7. The minimum absolute atomic E-state index is 0.459. The van der Waals surface area contributed by atoms with Gasteiger partial charge in [0.15, 0.2) is 0 Å². The van der Waals surface area contributed by atoms with Gasteiger partial charge in [0, 0.05) is 12.5 Å². The number of rotatable bonds is 6. The van der Waals surface area contributed by atoms with Crippen LogP contribution in [0.3, 0.4) is 0 Å². The second-order valence-corrected chi connectivity index (χ2v) is 3.44. The van der Waals surface area contributed by atoms with Crippen molar-refractivity contribution < 1.29 is 13.2 Å². The Bertz CT molecular complexity index is 212. The lowest BCUT2D eigenvalue weighted by Gasteiger charge is -2.18. The van der Waals surface area contributed by atoms with Crippen molar-refractivity contribution in [2.75, 3.05) is 6.54 Å². The third-order valence-electron chi connectivity index (χ3n) is 1.96. The van der Waals surface area contributed by atoms with Crippen molar-refractivity contribution >= 4 is 0 Å². The topological polar surface area (TPSA) is 12.0 Å². The van der Waals surface area contributed by atoms with E-state index in [4.69, 9.17) is 0 Å². The molecule has 0 saturated heterocycles. The van der Waals surface area contributed by atoms with Crippen LogP contribution in [0, 0.1) is 11.8 Å². The first kappa shape index (κ1) is 14.3. The monoisotopic (exact) mass is 221 g/mol. The summed E-state index contributed by atoms with van der Waals surface area (Å²) in [6.45, 7) is 4.25. The summed E-state index contributed by atoms with van der Waals surface area (Å²) in [7, 11) is 0. The molecule has 1 N–H and O–H groups in total. The normalized spacial score (nSPS) is 13.1. The zero-order valence-corrected chi connectivity index (χ0v) is 9.25. The first-order valence-corrected chi connectivity index (χ1v) is 5.19. The van der Waals surface area contributed by atoms with Gasteiger partial charge in [-0.1, -0.05) is 6.92 Å². The molecule has 1 atom stereocenters. The number of halogens is 3. The maximum Gasteiger partial charge on any atom is 0.390 e. The molecular formula is C11H18F3N. The van der Waals surface area contributed by atoms with Crippen LogP contribution < -0.4 is 5.32 Å². The van der Waals surface area contributed by atoms with Crippen LogP contribution in [0.15, 0.2) is 0 Å². The van der Waals surface area contributed by atoms with Gasteiger partial charge in [-0.3, -0.25) is 0 Å². The molecule has 0 aromatic carbocycles. The van der Waals surface area contributed by atoms with Gasteiger partial charge >= 0.3 is 6.18 Å². The van der Waals surface area contributed by atoms with Gasteiger partial charge in [-0.25, -0.2) is 0 Å². The lowest BCUT2D eigenvalue weighted by atomic mass is 10.1. The second-order valence-electron chi connectivity index (χ2n) is 3.44. The van der Waals surface area contributed by atoms with Crippen LogP contribution in [0.25, 0.3) is 0 Å². The van der Waals surface area contributed by atoms with Gasteiger partial charge < -0.3 is 5.32 Å². The van der Waals surface area contributed by atoms with E-state index in [0.29, 0.717) is 19.4 Å². The Labute approximate surface area is 89.4 Å². The molecule has 0 heterocycles. The highest BCUT2D eigenvalue weighted by Crippen LogP contribution is 2.23. The van der Waals surface area contributed by atoms with Crippen LogP contribution in [-0.2, 0) is 0 Å². The van der Waals surface area contributed by atoms with Crippen LogP contribution in [0.4, 0.5) is 13.2 Å². The van der Waals surface area contributed by atoms with Gasteiger partial charge in [-0.15, -0.1) is 11.8 Å². The van der Waals surface area contributed by atoms with Crippen molar-refractivity contribution in [1.82, 2.24) is 5.32 Å². The van der Waals surface area contributed by atoms with Gasteiger partial charge in [0.05, 0.1) is 6.42 Å². The van der Waals surface area contributed by atoms with E-state index in [1.807, 2.05) is 6.92 Å². The van der Waals surface area contributed by atoms with Crippen molar-refractivity contribution in [2.24, 2.45) is 0 Å².